The van der Waals surface area contributed by atoms with E-state index >= 15 is 0 Å². The van der Waals surface area contributed by atoms with Crippen molar-refractivity contribution in [2.45, 2.75) is 46.6 Å². The number of carbonyl (C=O) groups is 2. The van der Waals surface area contributed by atoms with Crippen LogP contribution in [0.25, 0.3) is 6.08 Å². The molecule has 0 saturated carbocycles. The minimum Gasteiger partial charge on any atom is -0.507 e. The van der Waals surface area contributed by atoms with Crippen LogP contribution in [0.15, 0.2) is 53.0 Å². The first-order chi connectivity index (χ1) is 13.9. The van der Waals surface area contributed by atoms with E-state index in [9.17, 15) is 14.7 Å². The second-order valence-electron chi connectivity index (χ2n) is 7.08. The SMILES string of the molecule is CCC1=C(OC)C(CC)(CC)C(=O)C(C(=O)/C=C/c2ccc(COC)cc2)=C1O. The molecular weight excluding hydrogens is 368 g/mol. The number of benzene rings is 1. The molecule has 156 valence electrons. The molecule has 1 aromatic rings. The third-order valence-electron chi connectivity index (χ3n) is 5.62. The number of ether oxygens (including phenoxy) is 2. The number of methoxy groups -OCH3 is 2. The van der Waals surface area contributed by atoms with Crippen molar-refractivity contribution in [3.8, 4) is 0 Å². The van der Waals surface area contributed by atoms with E-state index in [2.05, 4.69) is 0 Å². The number of ketones is 2. The lowest BCUT2D eigenvalue weighted by molar-refractivity contribution is -0.128. The molecule has 5 nitrogen and oxygen atoms in total. The maximum absolute atomic E-state index is 13.3. The Kier molecular flexibility index (Phi) is 7.57. The first-order valence-corrected chi connectivity index (χ1v) is 9.96. The van der Waals surface area contributed by atoms with Gasteiger partial charge in [-0.05, 0) is 36.5 Å². The van der Waals surface area contributed by atoms with E-state index in [1.807, 2.05) is 45.0 Å². The van der Waals surface area contributed by atoms with E-state index in [0.717, 1.165) is 11.1 Å². The molecule has 0 fully saturated rings. The Morgan fingerprint density at radius 2 is 1.72 bits per heavy atom. The lowest BCUT2D eigenvalue weighted by atomic mass is 9.68. The summed E-state index contributed by atoms with van der Waals surface area (Å²) >= 11 is 0. The molecule has 1 aliphatic carbocycles. The van der Waals surface area contributed by atoms with Crippen LogP contribution < -0.4 is 0 Å². The Hall–Kier alpha value is -2.66. The molecule has 0 unspecified atom stereocenters. The fourth-order valence-corrected chi connectivity index (χ4v) is 3.91. The van der Waals surface area contributed by atoms with E-state index in [0.29, 0.717) is 37.2 Å². The fourth-order valence-electron chi connectivity index (χ4n) is 3.91. The van der Waals surface area contributed by atoms with Gasteiger partial charge in [-0.25, -0.2) is 0 Å². The second-order valence-corrected chi connectivity index (χ2v) is 7.08. The van der Waals surface area contributed by atoms with Gasteiger partial charge in [0.15, 0.2) is 11.6 Å². The summed E-state index contributed by atoms with van der Waals surface area (Å²) in [6, 6.07) is 7.58. The van der Waals surface area contributed by atoms with Crippen LogP contribution in [0.2, 0.25) is 0 Å². The van der Waals surface area contributed by atoms with Gasteiger partial charge in [-0.3, -0.25) is 9.59 Å². The number of carbonyl (C=O) groups excluding carboxylic acids is 2. The lowest BCUT2D eigenvalue weighted by Crippen LogP contribution is -2.40. The van der Waals surface area contributed by atoms with Crippen molar-refractivity contribution < 1.29 is 24.2 Å². The van der Waals surface area contributed by atoms with Gasteiger partial charge in [0.25, 0.3) is 0 Å². The molecule has 5 heteroatoms. The van der Waals surface area contributed by atoms with Crippen LogP contribution >= 0.6 is 0 Å². The summed E-state index contributed by atoms with van der Waals surface area (Å²) in [5.41, 5.74) is 1.30. The van der Waals surface area contributed by atoms with E-state index in [4.69, 9.17) is 9.47 Å². The Morgan fingerprint density at radius 3 is 2.21 bits per heavy atom. The molecule has 0 radical (unpaired) electrons. The Bertz CT molecular complexity index is 852. The van der Waals surface area contributed by atoms with Crippen molar-refractivity contribution in [1.82, 2.24) is 0 Å². The molecule has 1 N–H and O–H groups in total. The minimum absolute atomic E-state index is 0.154. The Labute approximate surface area is 172 Å². The van der Waals surface area contributed by atoms with Crippen LogP contribution in [0.5, 0.6) is 0 Å². The highest BCUT2D eigenvalue weighted by Gasteiger charge is 2.49. The number of aliphatic hydroxyl groups is 1. The van der Waals surface area contributed by atoms with Crippen molar-refractivity contribution in [2.24, 2.45) is 5.41 Å². The third-order valence-corrected chi connectivity index (χ3v) is 5.62. The molecular formula is C24H30O5. The van der Waals surface area contributed by atoms with E-state index < -0.39 is 11.2 Å². The Morgan fingerprint density at radius 1 is 1.10 bits per heavy atom. The van der Waals surface area contributed by atoms with Crippen LogP contribution in [-0.2, 0) is 25.7 Å². The topological polar surface area (TPSA) is 72.8 Å². The molecule has 0 amide bonds. The zero-order valence-electron chi connectivity index (χ0n) is 17.9. The third kappa shape index (κ3) is 4.20. The molecule has 0 aliphatic heterocycles. The number of Topliss-reactive ketones (excluding diaryl/α,β-unsaturated/α-hetero) is 1. The first kappa shape index (κ1) is 22.6. The molecule has 0 heterocycles. The van der Waals surface area contributed by atoms with Gasteiger partial charge in [0.2, 0.25) is 0 Å². The largest absolute Gasteiger partial charge is 0.507 e. The predicted octanol–water partition coefficient (Wildman–Crippen LogP) is 4.93. The number of rotatable bonds is 9. The van der Waals surface area contributed by atoms with Gasteiger partial charge in [-0.2, -0.15) is 0 Å². The van der Waals surface area contributed by atoms with Crippen molar-refractivity contribution in [3.05, 3.63) is 64.1 Å². The summed E-state index contributed by atoms with van der Waals surface area (Å²) in [5.74, 6) is -0.668. The maximum atomic E-state index is 13.3. The molecule has 0 aromatic heterocycles. The molecule has 1 aromatic carbocycles. The number of allylic oxidation sites excluding steroid dienone is 4. The van der Waals surface area contributed by atoms with Crippen LogP contribution in [0, 0.1) is 5.41 Å². The fraction of sp³-hybridized carbons (Fsp3) is 0.417. The van der Waals surface area contributed by atoms with Crippen LogP contribution in [0.1, 0.15) is 51.2 Å². The molecule has 0 bridgehead atoms. The Balaban J connectivity index is 2.44. The highest BCUT2D eigenvalue weighted by atomic mass is 16.5. The van der Waals surface area contributed by atoms with Gasteiger partial charge in [-0.15, -0.1) is 0 Å². The minimum atomic E-state index is -0.924. The normalized spacial score (nSPS) is 16.7. The molecule has 2 rings (SSSR count). The molecule has 1 aliphatic rings. The van der Waals surface area contributed by atoms with Gasteiger partial charge in [0.05, 0.1) is 19.1 Å². The quantitative estimate of drug-likeness (QED) is 0.472. The standard InChI is InChI=1S/C24H30O5/c1-6-18-21(26)20(22(27)24(7-2,8-3)23(18)29-5)19(25)14-13-16-9-11-17(12-10-16)15-28-4/h9-14,26H,6-8,15H2,1-5H3/b14-13+. The lowest BCUT2D eigenvalue weighted by Gasteiger charge is -2.37. The van der Waals surface area contributed by atoms with E-state index in [-0.39, 0.29) is 17.1 Å². The van der Waals surface area contributed by atoms with Gasteiger partial charge in [0, 0.05) is 12.7 Å². The average molecular weight is 398 g/mol. The summed E-state index contributed by atoms with van der Waals surface area (Å²) in [4.78, 5) is 26.2. The summed E-state index contributed by atoms with van der Waals surface area (Å²) in [7, 11) is 3.14. The van der Waals surface area contributed by atoms with Gasteiger partial charge in [-0.1, -0.05) is 51.1 Å². The average Bonchev–Trinajstić information content (AvgIpc) is 2.73. The zero-order valence-corrected chi connectivity index (χ0v) is 17.9. The summed E-state index contributed by atoms with van der Waals surface area (Å²) in [6.45, 7) is 6.18. The molecule has 0 spiro atoms. The summed E-state index contributed by atoms with van der Waals surface area (Å²) in [6.07, 6.45) is 4.43. The van der Waals surface area contributed by atoms with Crippen LogP contribution in [0.3, 0.4) is 0 Å². The number of hydrogen-bond acceptors (Lipinski definition) is 5. The van der Waals surface area contributed by atoms with Crippen molar-refractivity contribution in [3.63, 3.8) is 0 Å². The predicted molar refractivity (Wildman–Crippen MR) is 113 cm³/mol. The molecule has 29 heavy (non-hydrogen) atoms. The highest BCUT2D eigenvalue weighted by molar-refractivity contribution is 6.28. The van der Waals surface area contributed by atoms with Crippen molar-refractivity contribution in [2.75, 3.05) is 14.2 Å². The number of aliphatic hydroxyl groups excluding tert-OH is 1. The van der Waals surface area contributed by atoms with Gasteiger partial charge >= 0.3 is 0 Å². The van der Waals surface area contributed by atoms with E-state index in [1.165, 1.54) is 13.2 Å². The highest BCUT2D eigenvalue weighted by Crippen LogP contribution is 2.46. The summed E-state index contributed by atoms with van der Waals surface area (Å²) < 4.78 is 10.6. The first-order valence-electron chi connectivity index (χ1n) is 9.96. The maximum Gasteiger partial charge on any atom is 0.193 e. The van der Waals surface area contributed by atoms with Gasteiger partial charge in [0.1, 0.15) is 17.1 Å². The monoisotopic (exact) mass is 398 g/mol. The molecule has 0 atom stereocenters. The van der Waals surface area contributed by atoms with Crippen LogP contribution in [-0.4, -0.2) is 30.9 Å². The number of hydrogen-bond donors (Lipinski definition) is 1. The van der Waals surface area contributed by atoms with Gasteiger partial charge < -0.3 is 14.6 Å². The zero-order chi connectivity index (χ0) is 21.6. The smallest absolute Gasteiger partial charge is 0.193 e. The van der Waals surface area contributed by atoms with E-state index in [1.54, 1.807) is 13.2 Å². The van der Waals surface area contributed by atoms with Crippen LogP contribution in [0.4, 0.5) is 0 Å². The molecule has 0 saturated heterocycles. The van der Waals surface area contributed by atoms with Crippen molar-refractivity contribution in [1.29, 1.82) is 0 Å². The van der Waals surface area contributed by atoms with Crippen molar-refractivity contribution >= 4 is 17.6 Å². The second kappa shape index (κ2) is 9.70. The summed E-state index contributed by atoms with van der Waals surface area (Å²) in [5, 5.41) is 10.7.